The molecule has 0 unspecified atom stereocenters. The van der Waals surface area contributed by atoms with Crippen LogP contribution in [0.3, 0.4) is 0 Å². The minimum atomic E-state index is -3.37. The lowest BCUT2D eigenvalue weighted by atomic mass is 9.92. The number of anilines is 2. The normalized spacial score (nSPS) is 11.3. The number of amides is 1. The second-order valence-electron chi connectivity index (χ2n) is 17.9. The smallest absolute Gasteiger partial charge is 0.411 e. The Morgan fingerprint density at radius 3 is 1.22 bits per heavy atom. The lowest BCUT2D eigenvalue weighted by Crippen LogP contribution is -2.26. The highest BCUT2D eigenvalue weighted by Gasteiger charge is 2.34. The summed E-state index contributed by atoms with van der Waals surface area (Å²) in [5, 5.41) is 21.7. The first-order valence-electron chi connectivity index (χ1n) is 24.7. The average molecular weight is 995 g/mol. The molecule has 74 heavy (non-hydrogen) atoms. The van der Waals surface area contributed by atoms with Crippen molar-refractivity contribution >= 4 is 107 Å². The summed E-state index contributed by atoms with van der Waals surface area (Å²) in [6, 6.07) is 91.9. The third-order valence-electron chi connectivity index (χ3n) is 13.7. The van der Waals surface area contributed by atoms with Gasteiger partial charge in [-0.25, -0.2) is 4.79 Å². The summed E-state index contributed by atoms with van der Waals surface area (Å²) in [5.74, 6) is 0. The highest BCUT2D eigenvalue weighted by molar-refractivity contribution is 7.85. The molecule has 2 N–H and O–H groups in total. The number of carbonyl (C=O) groups is 1. The molecule has 0 aliphatic heterocycles. The number of methoxy groups -OCH3 is 1. The average Bonchev–Trinajstić information content (AvgIpc) is 3.48. The van der Waals surface area contributed by atoms with Crippen LogP contribution in [0.4, 0.5) is 16.2 Å². The second-order valence-corrected chi connectivity index (χ2v) is 22.9. The summed E-state index contributed by atoms with van der Waals surface area (Å²) in [6.45, 7) is 0. The van der Waals surface area contributed by atoms with E-state index in [1.807, 2.05) is 128 Å². The molecule has 12 aromatic carbocycles. The molecule has 0 bridgehead atoms. The maximum Gasteiger partial charge on any atom is 0.411 e. The second kappa shape index (κ2) is 21.2. The molecule has 0 saturated heterocycles. The Labute approximate surface area is 433 Å². The lowest BCUT2D eigenvalue weighted by molar-refractivity contribution is 0.187. The zero-order chi connectivity index (χ0) is 50.4. The highest BCUT2D eigenvalue weighted by atomic mass is 31.2. The highest BCUT2D eigenvalue weighted by Crippen LogP contribution is 2.50. The first-order chi connectivity index (χ1) is 36.5. The Kier molecular flexibility index (Phi) is 13.7. The summed E-state index contributed by atoms with van der Waals surface area (Å²) in [4.78, 5) is 12.5. The topological polar surface area (TPSA) is 67.4 Å². The van der Waals surface area contributed by atoms with Crippen molar-refractivity contribution in [3.05, 3.63) is 267 Å². The molecule has 0 fully saturated rings. The monoisotopic (exact) mass is 994 g/mol. The number of rotatable bonds is 10. The molecule has 0 aliphatic rings. The number of benzene rings is 12. The molecule has 12 rings (SSSR count). The summed E-state index contributed by atoms with van der Waals surface area (Å²) in [7, 11) is -0.762. The van der Waals surface area contributed by atoms with Gasteiger partial charge in [-0.2, -0.15) is 0 Å². The van der Waals surface area contributed by atoms with Crippen molar-refractivity contribution in [1.82, 2.24) is 0 Å². The SMILES string of the molecule is CNc1ccc2ccccc2c1-c1c(P(c2ccccc2)c2ccccc2)ccc2ccccc12.COC(=O)Nc1ccc2ccccc2c1-c1c(P(=O)(c2ccccc2)c2ccccc2)ccc2ccccc12. The third kappa shape index (κ3) is 9.03. The fourth-order valence-corrected chi connectivity index (χ4v) is 15.7. The van der Waals surface area contributed by atoms with E-state index in [0.29, 0.717) is 11.0 Å². The fourth-order valence-electron chi connectivity index (χ4n) is 10.3. The van der Waals surface area contributed by atoms with Crippen molar-refractivity contribution in [1.29, 1.82) is 0 Å². The number of hydrogen-bond donors (Lipinski definition) is 2. The van der Waals surface area contributed by atoms with Crippen molar-refractivity contribution in [2.24, 2.45) is 0 Å². The van der Waals surface area contributed by atoms with E-state index in [9.17, 15) is 4.79 Å². The molecule has 1 amide bonds. The van der Waals surface area contributed by atoms with Crippen LogP contribution in [0.25, 0.3) is 65.3 Å². The summed E-state index contributed by atoms with van der Waals surface area (Å²) in [6.07, 6.45) is -0.567. The van der Waals surface area contributed by atoms with Gasteiger partial charge in [-0.05, 0) is 85.1 Å². The first kappa shape index (κ1) is 47.7. The molecular weight excluding hydrogens is 943 g/mol. The van der Waals surface area contributed by atoms with E-state index in [-0.39, 0.29) is 0 Å². The van der Waals surface area contributed by atoms with E-state index in [0.717, 1.165) is 49.0 Å². The molecule has 358 valence electrons. The Morgan fingerprint density at radius 1 is 0.392 bits per heavy atom. The predicted molar refractivity (Wildman–Crippen MR) is 317 cm³/mol. The minimum Gasteiger partial charge on any atom is -0.453 e. The van der Waals surface area contributed by atoms with Gasteiger partial charge in [0.2, 0.25) is 0 Å². The van der Waals surface area contributed by atoms with Gasteiger partial charge in [-0.1, -0.05) is 249 Å². The van der Waals surface area contributed by atoms with Crippen molar-refractivity contribution < 1.29 is 14.1 Å². The van der Waals surface area contributed by atoms with Gasteiger partial charge in [0.15, 0.2) is 7.14 Å². The summed E-state index contributed by atoms with van der Waals surface area (Å²) < 4.78 is 20.6. The van der Waals surface area contributed by atoms with Crippen LogP contribution in [0.2, 0.25) is 0 Å². The molecule has 0 aromatic heterocycles. The van der Waals surface area contributed by atoms with Gasteiger partial charge in [-0.15, -0.1) is 0 Å². The molecule has 0 radical (unpaired) electrons. The van der Waals surface area contributed by atoms with Crippen LogP contribution < -0.4 is 42.5 Å². The van der Waals surface area contributed by atoms with Crippen LogP contribution in [0.15, 0.2) is 267 Å². The van der Waals surface area contributed by atoms with E-state index in [2.05, 4.69) is 156 Å². The van der Waals surface area contributed by atoms with E-state index in [4.69, 9.17) is 4.74 Å². The summed E-state index contributed by atoms with van der Waals surface area (Å²) >= 11 is 0. The number of fused-ring (bicyclic) bond motifs is 4. The van der Waals surface area contributed by atoms with Crippen LogP contribution in [0, 0.1) is 0 Å². The predicted octanol–water partition coefficient (Wildman–Crippen LogP) is 14.9. The number of hydrogen-bond acceptors (Lipinski definition) is 4. The van der Waals surface area contributed by atoms with Crippen LogP contribution in [0.1, 0.15) is 0 Å². The molecule has 5 nitrogen and oxygen atoms in total. The number of nitrogens with one attached hydrogen (secondary N) is 2. The maximum atomic E-state index is 15.7. The van der Waals surface area contributed by atoms with Gasteiger partial charge in [0.05, 0.1) is 12.8 Å². The van der Waals surface area contributed by atoms with Gasteiger partial charge in [0.25, 0.3) is 0 Å². The zero-order valence-corrected chi connectivity index (χ0v) is 42.8. The molecular formula is C67H52N2O3P2. The van der Waals surface area contributed by atoms with Gasteiger partial charge >= 0.3 is 6.09 Å². The molecule has 12 aromatic rings. The van der Waals surface area contributed by atoms with E-state index in [1.165, 1.54) is 55.7 Å². The fraction of sp³-hybridized carbons (Fsp3) is 0.0299. The lowest BCUT2D eigenvalue weighted by Gasteiger charge is -2.26. The standard InChI is InChI=1S/C34H26NO3P.C33H26NP/c1-38-34(36)35-30-22-20-24-12-8-10-18-28(24)32(30)33-29-19-11-9-13-25(29)21-23-31(33)39(37,26-14-4-2-5-15-26)27-16-6-3-7-17-27;1-34-30-22-20-24-12-8-10-18-28(24)32(30)33-29-19-11-9-13-25(29)21-23-31(33)35(26-14-4-2-5-15-26)27-16-6-3-7-17-27/h2-23H,1H3,(H,35,36);2-23,34H,1H3. The van der Waals surface area contributed by atoms with Crippen LogP contribution in [0.5, 0.6) is 0 Å². The van der Waals surface area contributed by atoms with E-state index < -0.39 is 21.2 Å². The van der Waals surface area contributed by atoms with Crippen molar-refractivity contribution in [2.75, 3.05) is 24.8 Å². The van der Waals surface area contributed by atoms with E-state index in [1.54, 1.807) is 0 Å². The Balaban J connectivity index is 0.000000160. The van der Waals surface area contributed by atoms with Gasteiger partial charge in [0.1, 0.15) is 0 Å². The van der Waals surface area contributed by atoms with Crippen LogP contribution in [-0.4, -0.2) is 20.3 Å². The molecule has 0 spiro atoms. The Hall–Kier alpha value is -8.59. The van der Waals surface area contributed by atoms with Crippen molar-refractivity contribution in [3.8, 4) is 22.3 Å². The Morgan fingerprint density at radius 2 is 0.757 bits per heavy atom. The van der Waals surface area contributed by atoms with Crippen molar-refractivity contribution in [2.45, 2.75) is 0 Å². The van der Waals surface area contributed by atoms with E-state index >= 15 is 4.57 Å². The molecule has 0 saturated carbocycles. The summed E-state index contributed by atoms with van der Waals surface area (Å²) in [5.41, 5.74) is 5.97. The molecule has 0 aliphatic carbocycles. The third-order valence-corrected chi connectivity index (χ3v) is 19.3. The quantitative estimate of drug-likeness (QED) is 0.134. The zero-order valence-electron chi connectivity index (χ0n) is 41.0. The Bertz CT molecular complexity index is 3940. The minimum absolute atomic E-state index is 0.567. The number of ether oxygens (including phenoxy) is 1. The largest absolute Gasteiger partial charge is 0.453 e. The van der Waals surface area contributed by atoms with Gasteiger partial charge < -0.3 is 14.6 Å². The molecule has 0 heterocycles. The molecule has 7 heteroatoms. The van der Waals surface area contributed by atoms with Gasteiger partial charge in [0, 0.05) is 50.9 Å². The number of carbonyl (C=O) groups excluding carboxylic acids is 1. The van der Waals surface area contributed by atoms with Gasteiger partial charge in [-0.3, -0.25) is 5.32 Å². The van der Waals surface area contributed by atoms with Crippen LogP contribution >= 0.6 is 15.1 Å². The van der Waals surface area contributed by atoms with Crippen molar-refractivity contribution in [3.63, 3.8) is 0 Å². The first-order valence-corrected chi connectivity index (χ1v) is 27.7. The van der Waals surface area contributed by atoms with Crippen LogP contribution in [-0.2, 0) is 9.30 Å². The molecule has 0 atom stereocenters. The maximum absolute atomic E-state index is 15.7.